The average molecular weight is 119 g/mol. The van der Waals surface area contributed by atoms with Crippen molar-refractivity contribution < 1.29 is 4.79 Å². The minimum absolute atomic E-state index is 0.683. The smallest absolute Gasteiger partial charge is 0.0657 e. The zero-order valence-electron chi connectivity index (χ0n) is 5.00. The molecule has 46 valence electrons. The van der Waals surface area contributed by atoms with Gasteiger partial charge < -0.3 is 4.79 Å². The second-order valence-electron chi connectivity index (χ2n) is 1.86. The first-order valence-corrected chi connectivity index (χ1v) is 2.70. The first-order valence-electron chi connectivity index (χ1n) is 2.70. The van der Waals surface area contributed by atoms with Gasteiger partial charge in [0.25, 0.3) is 0 Å². The lowest BCUT2D eigenvalue weighted by Crippen LogP contribution is -1.88. The van der Waals surface area contributed by atoms with E-state index in [1.165, 1.54) is 0 Å². The number of rotatable bonds is 1. The van der Waals surface area contributed by atoms with Crippen LogP contribution in [-0.2, 0) is 4.79 Å². The molecular formula is C8H7O-. The minimum atomic E-state index is 0.683. The highest BCUT2D eigenvalue weighted by Crippen LogP contribution is 2.10. The van der Waals surface area contributed by atoms with Crippen molar-refractivity contribution in [3.63, 3.8) is 0 Å². The molecule has 0 fully saturated rings. The Morgan fingerprint density at radius 1 is 1.67 bits per heavy atom. The summed E-state index contributed by atoms with van der Waals surface area (Å²) in [6.45, 7) is 3.67. The molecule has 0 N–H and O–H groups in total. The highest BCUT2D eigenvalue weighted by atomic mass is 16.1. The summed E-state index contributed by atoms with van der Waals surface area (Å²) in [5, 5.41) is 0. The lowest BCUT2D eigenvalue weighted by Gasteiger charge is -2.09. The summed E-state index contributed by atoms with van der Waals surface area (Å²) >= 11 is 0. The Bertz CT molecular complexity index is 197. The number of carbonyl (C=O) groups is 1. The zero-order chi connectivity index (χ0) is 6.69. The number of carbonyl (C=O) groups excluding carboxylic acids is 1. The Hall–Kier alpha value is -1.24. The van der Waals surface area contributed by atoms with Crippen LogP contribution in [0.25, 0.3) is 0 Å². The van der Waals surface area contributed by atoms with Gasteiger partial charge in [-0.15, -0.1) is 42.4 Å². The van der Waals surface area contributed by atoms with E-state index >= 15 is 0 Å². The molecule has 1 heteroatoms. The lowest BCUT2D eigenvalue weighted by molar-refractivity contribution is -0.104. The standard InChI is InChI=1S/C8H7O/c1-7-3-2-4-8(5-7)6-9/h2-6H,1H2/q-1. The molecule has 1 aliphatic rings. The predicted octanol–water partition coefficient (Wildman–Crippen LogP) is 1.44. The second-order valence-corrected chi connectivity index (χ2v) is 1.86. The van der Waals surface area contributed by atoms with E-state index < -0.39 is 0 Å². The van der Waals surface area contributed by atoms with E-state index in [4.69, 9.17) is 0 Å². The molecule has 0 radical (unpaired) electrons. The van der Waals surface area contributed by atoms with Crippen LogP contribution in [0.1, 0.15) is 0 Å². The van der Waals surface area contributed by atoms with Gasteiger partial charge in [0, 0.05) is 0 Å². The van der Waals surface area contributed by atoms with Gasteiger partial charge in [-0.1, -0.05) is 0 Å². The van der Waals surface area contributed by atoms with Gasteiger partial charge in [-0.2, -0.15) is 0 Å². The van der Waals surface area contributed by atoms with E-state index in [-0.39, 0.29) is 0 Å². The Balaban J connectivity index is 2.77. The molecule has 0 heterocycles. The SMILES string of the molecule is C=C1C=C[CH-]C(C=O)=C1. The highest BCUT2D eigenvalue weighted by molar-refractivity contribution is 5.79. The summed E-state index contributed by atoms with van der Waals surface area (Å²) in [5.74, 6) is 0. The van der Waals surface area contributed by atoms with Crippen molar-refractivity contribution in [2.24, 2.45) is 0 Å². The van der Waals surface area contributed by atoms with Crippen molar-refractivity contribution >= 4 is 6.29 Å². The van der Waals surface area contributed by atoms with Crippen LogP contribution in [0.15, 0.2) is 36.0 Å². The maximum Gasteiger partial charge on any atom is 0.0657 e. The van der Waals surface area contributed by atoms with Gasteiger partial charge in [0.15, 0.2) is 0 Å². The summed E-state index contributed by atoms with van der Waals surface area (Å²) in [6, 6.07) is 0. The van der Waals surface area contributed by atoms with E-state index in [1.54, 1.807) is 12.5 Å². The Morgan fingerprint density at radius 2 is 2.44 bits per heavy atom. The van der Waals surface area contributed by atoms with Crippen molar-refractivity contribution in [1.82, 2.24) is 0 Å². The van der Waals surface area contributed by atoms with Crippen LogP contribution in [0, 0.1) is 6.42 Å². The third kappa shape index (κ3) is 1.32. The lowest BCUT2D eigenvalue weighted by atomic mass is 10.0. The maximum atomic E-state index is 10.1. The molecule has 0 saturated heterocycles. The predicted molar refractivity (Wildman–Crippen MR) is 36.7 cm³/mol. The molecule has 1 nitrogen and oxygen atoms in total. The summed E-state index contributed by atoms with van der Waals surface area (Å²) in [6.07, 6.45) is 7.97. The number of allylic oxidation sites excluding steroid dienone is 5. The summed E-state index contributed by atoms with van der Waals surface area (Å²) < 4.78 is 0. The Kier molecular flexibility index (Phi) is 1.54. The van der Waals surface area contributed by atoms with Crippen LogP contribution in [-0.4, -0.2) is 6.29 Å². The zero-order valence-corrected chi connectivity index (χ0v) is 5.00. The maximum absolute atomic E-state index is 10.1. The molecule has 1 rings (SSSR count). The summed E-state index contributed by atoms with van der Waals surface area (Å²) in [4.78, 5) is 10.1. The molecule has 0 aliphatic heterocycles. The van der Waals surface area contributed by atoms with Crippen LogP contribution < -0.4 is 0 Å². The van der Waals surface area contributed by atoms with E-state index in [0.29, 0.717) is 5.57 Å². The average Bonchev–Trinajstić information content (AvgIpc) is 1.88. The Labute approximate surface area is 54.4 Å². The molecule has 0 amide bonds. The third-order valence-corrected chi connectivity index (χ3v) is 1.09. The van der Waals surface area contributed by atoms with E-state index in [9.17, 15) is 4.79 Å². The molecular weight excluding hydrogens is 112 g/mol. The monoisotopic (exact) mass is 119 g/mol. The first-order chi connectivity index (χ1) is 4.33. The van der Waals surface area contributed by atoms with Gasteiger partial charge in [0.05, 0.1) is 6.29 Å². The minimum Gasteiger partial charge on any atom is -0.355 e. The number of aldehydes is 1. The quantitative estimate of drug-likeness (QED) is 0.377. The molecule has 0 aromatic rings. The van der Waals surface area contributed by atoms with Crippen LogP contribution in [0.5, 0.6) is 0 Å². The Morgan fingerprint density at radius 3 is 2.89 bits per heavy atom. The summed E-state index contributed by atoms with van der Waals surface area (Å²) in [5.41, 5.74) is 1.56. The fraction of sp³-hybridized carbons (Fsp3) is 0. The number of hydrogen-bond acceptors (Lipinski definition) is 1. The molecule has 0 aromatic heterocycles. The van der Waals surface area contributed by atoms with Crippen molar-refractivity contribution in [1.29, 1.82) is 0 Å². The molecule has 0 aromatic carbocycles. The van der Waals surface area contributed by atoms with Gasteiger partial charge in [-0.25, -0.2) is 0 Å². The number of hydrogen-bond donors (Lipinski definition) is 0. The van der Waals surface area contributed by atoms with E-state index in [2.05, 4.69) is 6.58 Å². The molecule has 0 saturated carbocycles. The van der Waals surface area contributed by atoms with Gasteiger partial charge in [-0.05, 0) is 0 Å². The molecule has 0 atom stereocenters. The fourth-order valence-corrected chi connectivity index (χ4v) is 0.666. The molecule has 0 unspecified atom stereocenters. The largest absolute Gasteiger partial charge is 0.355 e. The molecule has 0 spiro atoms. The third-order valence-electron chi connectivity index (χ3n) is 1.09. The van der Waals surface area contributed by atoms with Crippen LogP contribution in [0.4, 0.5) is 0 Å². The normalized spacial score (nSPS) is 16.4. The van der Waals surface area contributed by atoms with Crippen molar-refractivity contribution in [2.75, 3.05) is 0 Å². The fourth-order valence-electron chi connectivity index (χ4n) is 0.666. The van der Waals surface area contributed by atoms with Gasteiger partial charge >= 0.3 is 0 Å². The molecule has 1 aliphatic carbocycles. The van der Waals surface area contributed by atoms with Gasteiger partial charge in [-0.3, -0.25) is 0 Å². The molecule has 0 bridgehead atoms. The van der Waals surface area contributed by atoms with Gasteiger partial charge in [0.2, 0.25) is 0 Å². The first kappa shape index (κ1) is 5.89. The van der Waals surface area contributed by atoms with Crippen molar-refractivity contribution in [3.8, 4) is 0 Å². The molecule has 9 heavy (non-hydrogen) atoms. The highest BCUT2D eigenvalue weighted by Gasteiger charge is 1.87. The van der Waals surface area contributed by atoms with Crippen molar-refractivity contribution in [3.05, 3.63) is 42.4 Å². The van der Waals surface area contributed by atoms with Crippen LogP contribution in [0.2, 0.25) is 0 Å². The van der Waals surface area contributed by atoms with E-state index in [0.717, 1.165) is 11.9 Å². The second kappa shape index (κ2) is 2.35. The summed E-state index contributed by atoms with van der Waals surface area (Å²) in [7, 11) is 0. The van der Waals surface area contributed by atoms with E-state index in [1.807, 2.05) is 12.2 Å². The van der Waals surface area contributed by atoms with Crippen LogP contribution in [0.3, 0.4) is 0 Å². The topological polar surface area (TPSA) is 17.1 Å². The van der Waals surface area contributed by atoms with Crippen molar-refractivity contribution in [2.45, 2.75) is 0 Å². The van der Waals surface area contributed by atoms with Gasteiger partial charge in [0.1, 0.15) is 0 Å². The van der Waals surface area contributed by atoms with Crippen LogP contribution >= 0.6 is 0 Å².